The quantitative estimate of drug-likeness (QED) is 0.718. The SMILES string of the molecule is CCCNC(CCC)C(CC)c1ccc(F)cc1. The summed E-state index contributed by atoms with van der Waals surface area (Å²) in [6.07, 6.45) is 4.60. The Bertz CT molecular complexity index is 320. The van der Waals surface area contributed by atoms with Crippen molar-refractivity contribution in [3.63, 3.8) is 0 Å². The van der Waals surface area contributed by atoms with Crippen LogP contribution in [0.3, 0.4) is 0 Å². The van der Waals surface area contributed by atoms with E-state index < -0.39 is 0 Å². The van der Waals surface area contributed by atoms with Crippen LogP contribution in [0.1, 0.15) is 57.9 Å². The van der Waals surface area contributed by atoms with Crippen LogP contribution in [-0.4, -0.2) is 12.6 Å². The van der Waals surface area contributed by atoms with Crippen molar-refractivity contribution in [2.24, 2.45) is 0 Å². The number of benzene rings is 1. The lowest BCUT2D eigenvalue weighted by Gasteiger charge is -2.27. The molecule has 102 valence electrons. The van der Waals surface area contributed by atoms with Crippen LogP contribution in [0.25, 0.3) is 0 Å². The van der Waals surface area contributed by atoms with Crippen molar-refractivity contribution in [2.45, 2.75) is 58.4 Å². The van der Waals surface area contributed by atoms with Crippen molar-refractivity contribution < 1.29 is 4.39 Å². The molecule has 2 unspecified atom stereocenters. The molecule has 0 amide bonds. The monoisotopic (exact) mass is 251 g/mol. The molecule has 0 aromatic heterocycles. The summed E-state index contributed by atoms with van der Waals surface area (Å²) in [6.45, 7) is 7.68. The van der Waals surface area contributed by atoms with Crippen LogP contribution in [0.2, 0.25) is 0 Å². The number of nitrogens with one attached hydrogen (secondary N) is 1. The minimum absolute atomic E-state index is 0.151. The Morgan fingerprint density at radius 2 is 1.72 bits per heavy atom. The molecule has 1 aromatic carbocycles. The summed E-state index contributed by atoms with van der Waals surface area (Å²) in [5.74, 6) is 0.333. The van der Waals surface area contributed by atoms with E-state index in [2.05, 4.69) is 26.1 Å². The van der Waals surface area contributed by atoms with Crippen LogP contribution < -0.4 is 5.32 Å². The Morgan fingerprint density at radius 3 is 2.22 bits per heavy atom. The average Bonchev–Trinajstić information content (AvgIpc) is 2.39. The number of hydrogen-bond acceptors (Lipinski definition) is 1. The minimum atomic E-state index is -0.151. The smallest absolute Gasteiger partial charge is 0.123 e. The first-order chi connectivity index (χ1) is 8.72. The summed E-state index contributed by atoms with van der Waals surface area (Å²) in [5.41, 5.74) is 1.25. The summed E-state index contributed by atoms with van der Waals surface area (Å²) in [4.78, 5) is 0. The van der Waals surface area contributed by atoms with Gasteiger partial charge in [0.25, 0.3) is 0 Å². The molecule has 0 saturated carbocycles. The van der Waals surface area contributed by atoms with Crippen LogP contribution in [0, 0.1) is 5.82 Å². The molecule has 1 nitrogen and oxygen atoms in total. The van der Waals surface area contributed by atoms with Crippen LogP contribution in [0.5, 0.6) is 0 Å². The van der Waals surface area contributed by atoms with E-state index in [9.17, 15) is 4.39 Å². The molecule has 0 bridgehead atoms. The van der Waals surface area contributed by atoms with Gasteiger partial charge in [0.05, 0.1) is 0 Å². The van der Waals surface area contributed by atoms with Gasteiger partial charge in [-0.3, -0.25) is 0 Å². The van der Waals surface area contributed by atoms with Crippen molar-refractivity contribution in [3.8, 4) is 0 Å². The molecule has 0 heterocycles. The van der Waals surface area contributed by atoms with Gasteiger partial charge < -0.3 is 5.32 Å². The van der Waals surface area contributed by atoms with Gasteiger partial charge in [-0.25, -0.2) is 4.39 Å². The highest BCUT2D eigenvalue weighted by atomic mass is 19.1. The molecule has 0 saturated heterocycles. The van der Waals surface area contributed by atoms with Gasteiger partial charge >= 0.3 is 0 Å². The highest BCUT2D eigenvalue weighted by Gasteiger charge is 2.20. The number of hydrogen-bond donors (Lipinski definition) is 1. The van der Waals surface area contributed by atoms with Crippen LogP contribution in [-0.2, 0) is 0 Å². The third-order valence-corrected chi connectivity index (χ3v) is 3.48. The van der Waals surface area contributed by atoms with Gasteiger partial charge in [0, 0.05) is 6.04 Å². The molecule has 1 rings (SSSR count). The lowest BCUT2D eigenvalue weighted by Crippen LogP contribution is -2.35. The molecule has 18 heavy (non-hydrogen) atoms. The van der Waals surface area contributed by atoms with E-state index in [0.29, 0.717) is 12.0 Å². The lowest BCUT2D eigenvalue weighted by molar-refractivity contribution is 0.396. The molecule has 2 atom stereocenters. The van der Waals surface area contributed by atoms with Crippen molar-refractivity contribution >= 4 is 0 Å². The van der Waals surface area contributed by atoms with Crippen LogP contribution >= 0.6 is 0 Å². The summed E-state index contributed by atoms with van der Waals surface area (Å²) in [5, 5.41) is 3.64. The molecule has 0 spiro atoms. The van der Waals surface area contributed by atoms with E-state index in [4.69, 9.17) is 0 Å². The Hall–Kier alpha value is -0.890. The van der Waals surface area contributed by atoms with Crippen molar-refractivity contribution in [1.29, 1.82) is 0 Å². The predicted molar refractivity (Wildman–Crippen MR) is 76.4 cm³/mol. The number of halogens is 1. The first-order valence-electron chi connectivity index (χ1n) is 7.21. The maximum absolute atomic E-state index is 13.0. The van der Waals surface area contributed by atoms with E-state index in [1.54, 1.807) is 12.1 Å². The second-order valence-corrected chi connectivity index (χ2v) is 4.92. The van der Waals surface area contributed by atoms with Crippen molar-refractivity contribution in [1.82, 2.24) is 5.32 Å². The third-order valence-electron chi connectivity index (χ3n) is 3.48. The molecule has 0 radical (unpaired) electrons. The first-order valence-corrected chi connectivity index (χ1v) is 7.21. The molecule has 2 heteroatoms. The zero-order valence-corrected chi connectivity index (χ0v) is 11.9. The molecular formula is C16H26FN. The van der Waals surface area contributed by atoms with E-state index in [0.717, 1.165) is 19.4 Å². The molecule has 0 aliphatic rings. The summed E-state index contributed by atoms with van der Waals surface area (Å²) >= 11 is 0. The van der Waals surface area contributed by atoms with E-state index >= 15 is 0 Å². The van der Waals surface area contributed by atoms with Crippen LogP contribution in [0.4, 0.5) is 4.39 Å². The zero-order chi connectivity index (χ0) is 13.4. The van der Waals surface area contributed by atoms with Gasteiger partial charge in [-0.1, -0.05) is 39.3 Å². The maximum atomic E-state index is 13.0. The van der Waals surface area contributed by atoms with Gasteiger partial charge in [0.1, 0.15) is 5.82 Å². The van der Waals surface area contributed by atoms with Gasteiger partial charge in [0.2, 0.25) is 0 Å². The average molecular weight is 251 g/mol. The van der Waals surface area contributed by atoms with Gasteiger partial charge in [-0.05, 0) is 49.4 Å². The lowest BCUT2D eigenvalue weighted by atomic mass is 9.86. The second-order valence-electron chi connectivity index (χ2n) is 4.92. The van der Waals surface area contributed by atoms with Gasteiger partial charge in [0.15, 0.2) is 0 Å². The normalized spacial score (nSPS) is 14.4. The van der Waals surface area contributed by atoms with Gasteiger partial charge in [-0.2, -0.15) is 0 Å². The largest absolute Gasteiger partial charge is 0.313 e. The van der Waals surface area contributed by atoms with Crippen LogP contribution in [0.15, 0.2) is 24.3 Å². The summed E-state index contributed by atoms with van der Waals surface area (Å²) < 4.78 is 13.0. The molecule has 0 aliphatic carbocycles. The second kappa shape index (κ2) is 8.25. The van der Waals surface area contributed by atoms with E-state index in [1.807, 2.05) is 12.1 Å². The molecule has 0 fully saturated rings. The Balaban J connectivity index is 2.79. The highest BCUT2D eigenvalue weighted by molar-refractivity contribution is 5.22. The topological polar surface area (TPSA) is 12.0 Å². The van der Waals surface area contributed by atoms with E-state index in [1.165, 1.54) is 18.4 Å². The fourth-order valence-electron chi connectivity index (χ4n) is 2.55. The Kier molecular flexibility index (Phi) is 6.96. The predicted octanol–water partition coefficient (Wildman–Crippen LogP) is 4.49. The maximum Gasteiger partial charge on any atom is 0.123 e. The molecule has 0 aliphatic heterocycles. The third kappa shape index (κ3) is 4.41. The fourth-order valence-corrected chi connectivity index (χ4v) is 2.55. The van der Waals surface area contributed by atoms with Gasteiger partial charge in [-0.15, -0.1) is 0 Å². The fraction of sp³-hybridized carbons (Fsp3) is 0.625. The zero-order valence-electron chi connectivity index (χ0n) is 11.9. The molecule has 1 N–H and O–H groups in total. The number of rotatable bonds is 8. The highest BCUT2D eigenvalue weighted by Crippen LogP contribution is 2.26. The van der Waals surface area contributed by atoms with Crippen molar-refractivity contribution in [3.05, 3.63) is 35.6 Å². The Morgan fingerprint density at radius 1 is 1.06 bits per heavy atom. The first kappa shape index (κ1) is 15.2. The minimum Gasteiger partial charge on any atom is -0.313 e. The Labute approximate surface area is 111 Å². The standard InChI is InChI=1S/C16H26FN/c1-4-7-16(18-12-5-2)15(6-3)13-8-10-14(17)11-9-13/h8-11,15-16,18H,4-7,12H2,1-3H3. The van der Waals surface area contributed by atoms with Crippen molar-refractivity contribution in [2.75, 3.05) is 6.54 Å². The molecular weight excluding hydrogens is 225 g/mol. The van der Waals surface area contributed by atoms with E-state index in [-0.39, 0.29) is 5.82 Å². The molecule has 1 aromatic rings. The summed E-state index contributed by atoms with van der Waals surface area (Å²) in [7, 11) is 0. The summed E-state index contributed by atoms with van der Waals surface area (Å²) in [6, 6.07) is 7.51.